The SMILES string of the molecule is O=C(Oc1c(F)c(F)c(F)c(F)c1F)c1c2ccccc2nc2ccccc12. The Morgan fingerprint density at radius 1 is 0.679 bits per heavy atom. The van der Waals surface area contributed by atoms with Gasteiger partial charge >= 0.3 is 5.97 Å². The normalized spacial score (nSPS) is 11.2. The summed E-state index contributed by atoms with van der Waals surface area (Å²) in [6.45, 7) is 0. The minimum atomic E-state index is -2.34. The van der Waals surface area contributed by atoms with Gasteiger partial charge in [0, 0.05) is 10.8 Å². The summed E-state index contributed by atoms with van der Waals surface area (Å²) in [5.74, 6) is -14.1. The number of ether oxygens (including phenoxy) is 1. The van der Waals surface area contributed by atoms with Gasteiger partial charge in [0.25, 0.3) is 0 Å². The second-order valence-electron chi connectivity index (χ2n) is 5.81. The van der Waals surface area contributed by atoms with Gasteiger partial charge < -0.3 is 4.74 Å². The molecule has 0 saturated heterocycles. The van der Waals surface area contributed by atoms with Crippen LogP contribution in [0.25, 0.3) is 21.8 Å². The van der Waals surface area contributed by atoms with E-state index < -0.39 is 40.8 Å². The van der Waals surface area contributed by atoms with Crippen molar-refractivity contribution in [2.75, 3.05) is 0 Å². The minimum Gasteiger partial charge on any atom is -0.416 e. The highest BCUT2D eigenvalue weighted by Gasteiger charge is 2.29. The average Bonchev–Trinajstić information content (AvgIpc) is 2.72. The molecule has 1 heterocycles. The molecule has 3 aromatic carbocycles. The highest BCUT2D eigenvalue weighted by molar-refractivity contribution is 6.14. The Balaban J connectivity index is 1.93. The summed E-state index contributed by atoms with van der Waals surface area (Å²) in [6, 6.07) is 12.8. The molecule has 8 heteroatoms. The molecule has 0 amide bonds. The number of nitrogens with zero attached hydrogens (tertiary/aromatic N) is 1. The molecule has 0 fully saturated rings. The van der Waals surface area contributed by atoms with E-state index in [1.807, 2.05) is 0 Å². The number of hydrogen-bond acceptors (Lipinski definition) is 3. The molecule has 140 valence electrons. The number of carbonyl (C=O) groups excluding carboxylic acids is 1. The lowest BCUT2D eigenvalue weighted by Gasteiger charge is -2.12. The van der Waals surface area contributed by atoms with Crippen LogP contribution in [0.1, 0.15) is 10.4 Å². The zero-order chi connectivity index (χ0) is 20.0. The molecule has 0 saturated carbocycles. The second-order valence-corrected chi connectivity index (χ2v) is 5.81. The zero-order valence-electron chi connectivity index (χ0n) is 13.8. The molecular formula is C20H8F5NO2. The molecule has 1 aromatic heterocycles. The van der Waals surface area contributed by atoms with Crippen molar-refractivity contribution in [1.82, 2.24) is 4.98 Å². The number of aromatic nitrogens is 1. The lowest BCUT2D eigenvalue weighted by molar-refractivity contribution is 0.0720. The maximum atomic E-state index is 13.9. The molecule has 4 aromatic rings. The second kappa shape index (κ2) is 6.56. The third kappa shape index (κ3) is 2.65. The van der Waals surface area contributed by atoms with Gasteiger partial charge in [-0.2, -0.15) is 8.78 Å². The molecule has 0 unspecified atom stereocenters. The van der Waals surface area contributed by atoms with Crippen molar-refractivity contribution in [3.05, 3.63) is 83.2 Å². The Morgan fingerprint density at radius 2 is 1.11 bits per heavy atom. The number of para-hydroxylation sites is 2. The average molecular weight is 389 g/mol. The standard InChI is InChI=1S/C20H8F5NO2/c21-14-15(22)17(24)19(18(25)16(14)23)28-20(27)13-9-5-1-3-7-11(9)26-12-8-4-2-6-10(12)13/h1-8H. The number of fused-ring (bicyclic) bond motifs is 2. The molecule has 4 rings (SSSR count). The first-order chi connectivity index (χ1) is 13.4. The van der Waals surface area contributed by atoms with Crippen LogP contribution >= 0.6 is 0 Å². The largest absolute Gasteiger partial charge is 0.416 e. The van der Waals surface area contributed by atoms with E-state index in [4.69, 9.17) is 0 Å². The molecule has 3 nitrogen and oxygen atoms in total. The molecule has 0 bridgehead atoms. The highest BCUT2D eigenvalue weighted by atomic mass is 19.2. The number of esters is 1. The molecule has 28 heavy (non-hydrogen) atoms. The van der Waals surface area contributed by atoms with Gasteiger partial charge in [-0.15, -0.1) is 0 Å². The number of pyridine rings is 1. The van der Waals surface area contributed by atoms with E-state index in [0.29, 0.717) is 21.8 Å². The third-order valence-electron chi connectivity index (χ3n) is 4.16. The van der Waals surface area contributed by atoms with Crippen molar-refractivity contribution in [2.45, 2.75) is 0 Å². The van der Waals surface area contributed by atoms with Crippen LogP contribution in [0.2, 0.25) is 0 Å². The summed E-state index contributed by atoms with van der Waals surface area (Å²) >= 11 is 0. The van der Waals surface area contributed by atoms with Crippen molar-refractivity contribution in [1.29, 1.82) is 0 Å². The van der Waals surface area contributed by atoms with Gasteiger partial charge in [-0.05, 0) is 12.1 Å². The van der Waals surface area contributed by atoms with Crippen LogP contribution in [0.5, 0.6) is 5.75 Å². The van der Waals surface area contributed by atoms with E-state index in [0.717, 1.165) is 0 Å². The number of carbonyl (C=O) groups is 1. The third-order valence-corrected chi connectivity index (χ3v) is 4.16. The molecular weight excluding hydrogens is 381 g/mol. The summed E-state index contributed by atoms with van der Waals surface area (Å²) < 4.78 is 72.4. The molecule has 0 aliphatic rings. The summed E-state index contributed by atoms with van der Waals surface area (Å²) in [6.07, 6.45) is 0. The summed E-state index contributed by atoms with van der Waals surface area (Å²) in [5, 5.41) is 0.602. The van der Waals surface area contributed by atoms with Crippen molar-refractivity contribution >= 4 is 27.8 Å². The number of rotatable bonds is 2. The van der Waals surface area contributed by atoms with Gasteiger partial charge in [0.05, 0.1) is 16.6 Å². The maximum absolute atomic E-state index is 13.9. The number of benzene rings is 3. The fourth-order valence-electron chi connectivity index (χ4n) is 2.88. The van der Waals surface area contributed by atoms with Gasteiger partial charge in [0.1, 0.15) is 0 Å². The summed E-state index contributed by atoms with van der Waals surface area (Å²) in [7, 11) is 0. The van der Waals surface area contributed by atoms with Crippen LogP contribution in [-0.4, -0.2) is 11.0 Å². The molecule has 0 aliphatic heterocycles. The topological polar surface area (TPSA) is 39.2 Å². The van der Waals surface area contributed by atoms with Gasteiger partial charge in [0.2, 0.25) is 34.8 Å². The smallest absolute Gasteiger partial charge is 0.345 e. The number of hydrogen-bond donors (Lipinski definition) is 0. The fraction of sp³-hybridized carbons (Fsp3) is 0. The van der Waals surface area contributed by atoms with Gasteiger partial charge in [-0.3, -0.25) is 0 Å². The summed E-state index contributed by atoms with van der Waals surface area (Å²) in [5.41, 5.74) is 0.682. The molecule has 0 aliphatic carbocycles. The van der Waals surface area contributed by atoms with Crippen LogP contribution in [0.15, 0.2) is 48.5 Å². The van der Waals surface area contributed by atoms with E-state index in [9.17, 15) is 26.7 Å². The van der Waals surface area contributed by atoms with Crippen molar-refractivity contribution in [2.24, 2.45) is 0 Å². The van der Waals surface area contributed by atoms with Crippen LogP contribution in [0.4, 0.5) is 22.0 Å². The number of halogens is 5. The van der Waals surface area contributed by atoms with Crippen molar-refractivity contribution in [3.63, 3.8) is 0 Å². The van der Waals surface area contributed by atoms with Gasteiger partial charge in [-0.25, -0.2) is 22.9 Å². The Labute approximate surface area is 154 Å². The van der Waals surface area contributed by atoms with Crippen molar-refractivity contribution in [3.8, 4) is 5.75 Å². The molecule has 0 radical (unpaired) electrons. The van der Waals surface area contributed by atoms with Gasteiger partial charge in [-0.1, -0.05) is 36.4 Å². The molecule has 0 N–H and O–H groups in total. The Hall–Kier alpha value is -3.55. The molecule has 0 spiro atoms. The van der Waals surface area contributed by atoms with Gasteiger partial charge in [0.15, 0.2) is 0 Å². The Kier molecular flexibility index (Phi) is 4.18. The van der Waals surface area contributed by atoms with E-state index >= 15 is 0 Å². The first-order valence-corrected chi connectivity index (χ1v) is 7.91. The quantitative estimate of drug-likeness (QED) is 0.117. The first-order valence-electron chi connectivity index (χ1n) is 7.91. The Morgan fingerprint density at radius 3 is 1.61 bits per heavy atom. The van der Waals surface area contributed by atoms with E-state index in [2.05, 4.69) is 9.72 Å². The van der Waals surface area contributed by atoms with Crippen LogP contribution in [-0.2, 0) is 0 Å². The first kappa shape index (κ1) is 17.8. The minimum absolute atomic E-state index is 0.106. The van der Waals surface area contributed by atoms with Crippen LogP contribution in [0.3, 0.4) is 0 Å². The fourth-order valence-corrected chi connectivity index (χ4v) is 2.88. The zero-order valence-corrected chi connectivity index (χ0v) is 13.8. The predicted octanol–water partition coefficient (Wildman–Crippen LogP) is 5.30. The molecule has 0 atom stereocenters. The predicted molar refractivity (Wildman–Crippen MR) is 90.4 cm³/mol. The van der Waals surface area contributed by atoms with E-state index in [1.165, 1.54) is 12.1 Å². The lowest BCUT2D eigenvalue weighted by Crippen LogP contribution is -2.15. The maximum Gasteiger partial charge on any atom is 0.345 e. The lowest BCUT2D eigenvalue weighted by atomic mass is 10.0. The van der Waals surface area contributed by atoms with Crippen LogP contribution < -0.4 is 4.74 Å². The van der Waals surface area contributed by atoms with Crippen LogP contribution in [0, 0.1) is 29.1 Å². The highest BCUT2D eigenvalue weighted by Crippen LogP contribution is 2.32. The Bertz CT molecular complexity index is 1190. The summed E-state index contributed by atoms with van der Waals surface area (Å²) in [4.78, 5) is 17.1. The van der Waals surface area contributed by atoms with Crippen molar-refractivity contribution < 1.29 is 31.5 Å². The van der Waals surface area contributed by atoms with E-state index in [-0.39, 0.29) is 5.56 Å². The van der Waals surface area contributed by atoms with E-state index in [1.54, 1.807) is 36.4 Å². The monoisotopic (exact) mass is 389 g/mol.